The third-order valence-corrected chi connectivity index (χ3v) is 3.93. The Balaban J connectivity index is 1.83. The third kappa shape index (κ3) is 2.83. The van der Waals surface area contributed by atoms with E-state index in [1.165, 1.54) is 12.8 Å². The maximum Gasteiger partial charge on any atom is 0.311 e. The lowest BCUT2D eigenvalue weighted by Crippen LogP contribution is -2.40. The summed E-state index contributed by atoms with van der Waals surface area (Å²) in [5.74, 6) is -0.284. The van der Waals surface area contributed by atoms with Gasteiger partial charge in [-0.3, -0.25) is 9.59 Å². The van der Waals surface area contributed by atoms with E-state index in [0.717, 1.165) is 0 Å². The van der Waals surface area contributed by atoms with Crippen LogP contribution >= 0.6 is 0 Å². The van der Waals surface area contributed by atoms with Crippen LogP contribution in [0.25, 0.3) is 0 Å². The van der Waals surface area contributed by atoms with Crippen molar-refractivity contribution in [2.45, 2.75) is 39.2 Å². The molecule has 0 aromatic heterocycles. The standard InChI is InChI=1S/C13H21NO4/c1-9(18-7-10-3-4-10)11(15)14-6-5-13(2,8-14)12(16)17/h9-10H,3-8H2,1-2H3,(H,16,17). The first-order valence-electron chi connectivity index (χ1n) is 6.56. The van der Waals surface area contributed by atoms with Crippen LogP contribution in [0.3, 0.4) is 0 Å². The van der Waals surface area contributed by atoms with Gasteiger partial charge in [0, 0.05) is 13.1 Å². The number of rotatable bonds is 5. The van der Waals surface area contributed by atoms with Gasteiger partial charge in [-0.25, -0.2) is 0 Å². The highest BCUT2D eigenvalue weighted by molar-refractivity contribution is 5.83. The quantitative estimate of drug-likeness (QED) is 0.799. The zero-order chi connectivity index (χ0) is 13.3. The molecular weight excluding hydrogens is 234 g/mol. The van der Waals surface area contributed by atoms with Crippen molar-refractivity contribution in [3.05, 3.63) is 0 Å². The summed E-state index contributed by atoms with van der Waals surface area (Å²) in [4.78, 5) is 24.8. The number of hydrogen-bond acceptors (Lipinski definition) is 3. The Morgan fingerprint density at radius 1 is 1.50 bits per heavy atom. The zero-order valence-electron chi connectivity index (χ0n) is 11.0. The number of hydrogen-bond donors (Lipinski definition) is 1. The smallest absolute Gasteiger partial charge is 0.311 e. The van der Waals surface area contributed by atoms with Crippen molar-refractivity contribution in [1.82, 2.24) is 4.90 Å². The Morgan fingerprint density at radius 3 is 2.67 bits per heavy atom. The first-order chi connectivity index (χ1) is 8.42. The van der Waals surface area contributed by atoms with Crippen LogP contribution in [0, 0.1) is 11.3 Å². The molecule has 18 heavy (non-hydrogen) atoms. The molecule has 102 valence electrons. The van der Waals surface area contributed by atoms with Gasteiger partial charge in [-0.15, -0.1) is 0 Å². The third-order valence-electron chi connectivity index (χ3n) is 3.93. The molecule has 5 nitrogen and oxygen atoms in total. The van der Waals surface area contributed by atoms with E-state index in [1.54, 1.807) is 18.7 Å². The van der Waals surface area contributed by atoms with Crippen LogP contribution in [0.1, 0.15) is 33.1 Å². The van der Waals surface area contributed by atoms with Crippen molar-refractivity contribution in [3.8, 4) is 0 Å². The molecule has 5 heteroatoms. The van der Waals surface area contributed by atoms with Gasteiger partial charge in [-0.2, -0.15) is 0 Å². The highest BCUT2D eigenvalue weighted by atomic mass is 16.5. The molecule has 2 rings (SSSR count). The summed E-state index contributed by atoms with van der Waals surface area (Å²) < 4.78 is 5.53. The van der Waals surface area contributed by atoms with Crippen LogP contribution in [-0.4, -0.2) is 47.7 Å². The number of amides is 1. The molecule has 1 heterocycles. The van der Waals surface area contributed by atoms with Crippen LogP contribution < -0.4 is 0 Å². The normalized spacial score (nSPS) is 29.3. The fourth-order valence-corrected chi connectivity index (χ4v) is 2.22. The Morgan fingerprint density at radius 2 is 2.17 bits per heavy atom. The van der Waals surface area contributed by atoms with Crippen molar-refractivity contribution in [2.24, 2.45) is 11.3 Å². The maximum atomic E-state index is 12.1. The second-order valence-corrected chi connectivity index (χ2v) is 5.79. The lowest BCUT2D eigenvalue weighted by Gasteiger charge is -2.23. The van der Waals surface area contributed by atoms with Gasteiger partial charge in [0.05, 0.1) is 12.0 Å². The highest BCUT2D eigenvalue weighted by Crippen LogP contribution is 2.31. The lowest BCUT2D eigenvalue weighted by molar-refractivity contribution is -0.148. The van der Waals surface area contributed by atoms with Crippen LogP contribution in [0.4, 0.5) is 0 Å². The minimum Gasteiger partial charge on any atom is -0.481 e. The minimum atomic E-state index is -0.829. The summed E-state index contributed by atoms with van der Waals surface area (Å²) in [7, 11) is 0. The molecule has 1 amide bonds. The molecule has 1 aliphatic carbocycles. The molecule has 0 aromatic rings. The van der Waals surface area contributed by atoms with Gasteiger partial charge < -0.3 is 14.7 Å². The van der Waals surface area contributed by atoms with Crippen molar-refractivity contribution in [2.75, 3.05) is 19.7 Å². The minimum absolute atomic E-state index is 0.0828. The van der Waals surface area contributed by atoms with E-state index in [0.29, 0.717) is 25.5 Å². The summed E-state index contributed by atoms with van der Waals surface area (Å²) in [6.45, 7) is 4.90. The predicted molar refractivity (Wildman–Crippen MR) is 65.1 cm³/mol. The highest BCUT2D eigenvalue weighted by Gasteiger charge is 2.43. The van der Waals surface area contributed by atoms with E-state index < -0.39 is 17.5 Å². The molecule has 0 bridgehead atoms. The van der Waals surface area contributed by atoms with E-state index in [9.17, 15) is 9.59 Å². The van der Waals surface area contributed by atoms with Gasteiger partial charge in [0.25, 0.3) is 5.91 Å². The number of carbonyl (C=O) groups is 2. The summed E-state index contributed by atoms with van der Waals surface area (Å²) in [6.07, 6.45) is 2.45. The van der Waals surface area contributed by atoms with Gasteiger partial charge in [0.2, 0.25) is 0 Å². The number of carboxylic acids is 1. The Bertz CT molecular complexity index is 353. The Hall–Kier alpha value is -1.10. The van der Waals surface area contributed by atoms with Crippen LogP contribution in [0.5, 0.6) is 0 Å². The molecule has 2 unspecified atom stereocenters. The van der Waals surface area contributed by atoms with Crippen LogP contribution in [-0.2, 0) is 14.3 Å². The first-order valence-corrected chi connectivity index (χ1v) is 6.56. The lowest BCUT2D eigenvalue weighted by atomic mass is 9.90. The molecule has 0 spiro atoms. The number of aliphatic carboxylic acids is 1. The van der Waals surface area contributed by atoms with Crippen molar-refractivity contribution >= 4 is 11.9 Å². The van der Waals surface area contributed by atoms with E-state index in [-0.39, 0.29) is 12.5 Å². The van der Waals surface area contributed by atoms with Crippen molar-refractivity contribution in [1.29, 1.82) is 0 Å². The summed E-state index contributed by atoms with van der Waals surface area (Å²) >= 11 is 0. The predicted octanol–water partition coefficient (Wildman–Crippen LogP) is 1.12. The molecule has 1 N–H and O–H groups in total. The van der Waals surface area contributed by atoms with E-state index in [1.807, 2.05) is 0 Å². The van der Waals surface area contributed by atoms with E-state index in [4.69, 9.17) is 9.84 Å². The molecule has 1 saturated carbocycles. The number of ether oxygens (including phenoxy) is 1. The molecule has 0 aromatic carbocycles. The van der Waals surface area contributed by atoms with Crippen LogP contribution in [0.2, 0.25) is 0 Å². The largest absolute Gasteiger partial charge is 0.481 e. The molecule has 0 radical (unpaired) electrons. The van der Waals surface area contributed by atoms with Gasteiger partial charge in [-0.1, -0.05) is 0 Å². The van der Waals surface area contributed by atoms with Gasteiger partial charge in [-0.05, 0) is 39.0 Å². The van der Waals surface area contributed by atoms with Crippen molar-refractivity contribution < 1.29 is 19.4 Å². The van der Waals surface area contributed by atoms with Gasteiger partial charge >= 0.3 is 5.97 Å². The number of likely N-dealkylation sites (tertiary alicyclic amines) is 1. The topological polar surface area (TPSA) is 66.8 Å². The van der Waals surface area contributed by atoms with E-state index in [2.05, 4.69) is 0 Å². The molecule has 2 fully saturated rings. The fraction of sp³-hybridized carbons (Fsp3) is 0.846. The van der Waals surface area contributed by atoms with Crippen LogP contribution in [0.15, 0.2) is 0 Å². The fourth-order valence-electron chi connectivity index (χ4n) is 2.22. The summed E-state index contributed by atoms with van der Waals surface area (Å²) in [6, 6.07) is 0. The van der Waals surface area contributed by atoms with Crippen molar-refractivity contribution in [3.63, 3.8) is 0 Å². The summed E-state index contributed by atoms with van der Waals surface area (Å²) in [5, 5.41) is 9.13. The molecule has 1 saturated heterocycles. The number of nitrogens with zero attached hydrogens (tertiary/aromatic N) is 1. The zero-order valence-corrected chi connectivity index (χ0v) is 11.0. The van der Waals surface area contributed by atoms with E-state index >= 15 is 0 Å². The second kappa shape index (κ2) is 4.88. The maximum absolute atomic E-state index is 12.1. The number of carboxylic acid groups (broad SMARTS) is 1. The average Bonchev–Trinajstić information content (AvgIpc) is 3.07. The first kappa shape index (κ1) is 13.3. The molecular formula is C13H21NO4. The molecule has 2 atom stereocenters. The van der Waals surface area contributed by atoms with Gasteiger partial charge in [0.15, 0.2) is 0 Å². The van der Waals surface area contributed by atoms with Gasteiger partial charge in [0.1, 0.15) is 6.10 Å². The molecule has 1 aliphatic heterocycles. The Labute approximate surface area is 107 Å². The monoisotopic (exact) mass is 255 g/mol. The number of carbonyl (C=O) groups excluding carboxylic acids is 1. The SMILES string of the molecule is CC(OCC1CC1)C(=O)N1CCC(C)(C(=O)O)C1. The second-order valence-electron chi connectivity index (χ2n) is 5.79. The Kier molecular flexibility index (Phi) is 3.61. The summed E-state index contributed by atoms with van der Waals surface area (Å²) in [5.41, 5.74) is -0.800. The average molecular weight is 255 g/mol. The molecule has 2 aliphatic rings.